The van der Waals surface area contributed by atoms with Gasteiger partial charge >= 0.3 is 11.9 Å². The monoisotopic (exact) mass is 243 g/mol. The maximum Gasteiger partial charge on any atom is 0.332 e. The van der Waals surface area contributed by atoms with Crippen molar-refractivity contribution in [2.45, 2.75) is 20.3 Å². The summed E-state index contributed by atoms with van der Waals surface area (Å²) >= 11 is 0. The lowest BCUT2D eigenvalue weighted by Gasteiger charge is -2.31. The average Bonchev–Trinajstić information content (AvgIpc) is 2.30. The summed E-state index contributed by atoms with van der Waals surface area (Å²) < 4.78 is 9.64. The van der Waals surface area contributed by atoms with E-state index in [9.17, 15) is 14.4 Å². The first-order valence-corrected chi connectivity index (χ1v) is 5.68. The summed E-state index contributed by atoms with van der Waals surface area (Å²) in [4.78, 5) is 35.6. The minimum absolute atomic E-state index is 0.0521. The molecular weight excluding hydrogens is 226 g/mol. The van der Waals surface area contributed by atoms with Crippen LogP contribution in [0.15, 0.2) is 0 Å². The van der Waals surface area contributed by atoms with Crippen LogP contribution in [0.2, 0.25) is 0 Å². The summed E-state index contributed by atoms with van der Waals surface area (Å²) in [7, 11) is 0. The van der Waals surface area contributed by atoms with Crippen LogP contribution in [0.25, 0.3) is 0 Å². The van der Waals surface area contributed by atoms with Crippen molar-refractivity contribution in [2.24, 2.45) is 5.41 Å². The molecule has 0 aromatic rings. The maximum absolute atomic E-state index is 11.9. The second-order valence-corrected chi connectivity index (χ2v) is 3.70. The Bertz CT molecular complexity index is 308. The standard InChI is InChI=1S/C11H17NO5/c1-3-16-9(14)11(10(15)17-4-2)7-12-6-5-8(11)13/h12H,3-7H2,1-2H3. The molecule has 1 saturated heterocycles. The predicted octanol–water partition coefficient (Wildman–Crippen LogP) is -0.339. The van der Waals surface area contributed by atoms with E-state index in [0.29, 0.717) is 6.54 Å². The molecule has 0 bridgehead atoms. The molecule has 6 heteroatoms. The molecule has 0 amide bonds. The van der Waals surface area contributed by atoms with Crippen LogP contribution >= 0.6 is 0 Å². The Labute approximate surface area is 99.6 Å². The fourth-order valence-electron chi connectivity index (χ4n) is 1.75. The van der Waals surface area contributed by atoms with Crippen molar-refractivity contribution in [2.75, 3.05) is 26.3 Å². The summed E-state index contributed by atoms with van der Waals surface area (Å²) in [5.74, 6) is -2.08. The van der Waals surface area contributed by atoms with Gasteiger partial charge in [0.25, 0.3) is 0 Å². The normalized spacial score (nSPS) is 18.6. The van der Waals surface area contributed by atoms with Crippen molar-refractivity contribution in [3.8, 4) is 0 Å². The van der Waals surface area contributed by atoms with E-state index in [2.05, 4.69) is 5.32 Å². The minimum Gasteiger partial charge on any atom is -0.465 e. The molecule has 0 aromatic heterocycles. The molecule has 1 heterocycles. The van der Waals surface area contributed by atoms with E-state index in [0.717, 1.165) is 0 Å². The van der Waals surface area contributed by atoms with Gasteiger partial charge in [0.2, 0.25) is 5.41 Å². The van der Waals surface area contributed by atoms with E-state index in [1.807, 2.05) is 0 Å². The molecule has 0 radical (unpaired) electrons. The van der Waals surface area contributed by atoms with Crippen LogP contribution in [0.4, 0.5) is 0 Å². The van der Waals surface area contributed by atoms with Crippen LogP contribution in [0.1, 0.15) is 20.3 Å². The highest BCUT2D eigenvalue weighted by Crippen LogP contribution is 2.26. The number of carbonyl (C=O) groups excluding carboxylic acids is 3. The second-order valence-electron chi connectivity index (χ2n) is 3.70. The first kappa shape index (κ1) is 13.6. The molecule has 17 heavy (non-hydrogen) atoms. The molecule has 1 aliphatic heterocycles. The van der Waals surface area contributed by atoms with Gasteiger partial charge in [-0.15, -0.1) is 0 Å². The molecule has 0 spiro atoms. The van der Waals surface area contributed by atoms with E-state index < -0.39 is 23.1 Å². The van der Waals surface area contributed by atoms with Crippen molar-refractivity contribution >= 4 is 17.7 Å². The van der Waals surface area contributed by atoms with Gasteiger partial charge in [0.15, 0.2) is 5.78 Å². The van der Waals surface area contributed by atoms with E-state index in [1.54, 1.807) is 13.8 Å². The summed E-state index contributed by atoms with van der Waals surface area (Å²) in [6.45, 7) is 3.89. The van der Waals surface area contributed by atoms with Gasteiger partial charge in [-0.25, -0.2) is 0 Å². The topological polar surface area (TPSA) is 81.7 Å². The summed E-state index contributed by atoms with van der Waals surface area (Å²) in [6, 6.07) is 0. The van der Waals surface area contributed by atoms with Gasteiger partial charge in [-0.3, -0.25) is 14.4 Å². The van der Waals surface area contributed by atoms with Gasteiger partial charge in [0.1, 0.15) is 0 Å². The number of esters is 2. The highest BCUT2D eigenvalue weighted by molar-refractivity contribution is 6.21. The Balaban J connectivity index is 3.02. The Morgan fingerprint density at radius 1 is 1.24 bits per heavy atom. The van der Waals surface area contributed by atoms with Crippen LogP contribution in [-0.2, 0) is 23.9 Å². The largest absolute Gasteiger partial charge is 0.465 e. The van der Waals surface area contributed by atoms with Gasteiger partial charge in [0.05, 0.1) is 13.2 Å². The van der Waals surface area contributed by atoms with Gasteiger partial charge in [-0.1, -0.05) is 0 Å². The van der Waals surface area contributed by atoms with Gasteiger partial charge in [-0.05, 0) is 13.8 Å². The Morgan fingerprint density at radius 3 is 2.18 bits per heavy atom. The highest BCUT2D eigenvalue weighted by atomic mass is 16.6. The summed E-state index contributed by atoms with van der Waals surface area (Å²) in [5, 5.41) is 2.86. The lowest BCUT2D eigenvalue weighted by Crippen LogP contribution is -2.58. The van der Waals surface area contributed by atoms with Crippen molar-refractivity contribution in [3.05, 3.63) is 0 Å². The molecule has 96 valence electrons. The third-order valence-corrected chi connectivity index (χ3v) is 2.64. The number of nitrogens with one attached hydrogen (secondary N) is 1. The van der Waals surface area contributed by atoms with Crippen molar-refractivity contribution < 1.29 is 23.9 Å². The number of rotatable bonds is 4. The van der Waals surface area contributed by atoms with Crippen molar-refractivity contribution in [1.82, 2.24) is 5.32 Å². The molecule has 1 fully saturated rings. The number of hydrogen-bond donors (Lipinski definition) is 1. The zero-order valence-electron chi connectivity index (χ0n) is 10.1. The van der Waals surface area contributed by atoms with E-state index >= 15 is 0 Å². The van der Waals surface area contributed by atoms with Crippen LogP contribution < -0.4 is 5.32 Å². The lowest BCUT2D eigenvalue weighted by molar-refractivity contribution is -0.175. The Hall–Kier alpha value is -1.43. The molecule has 1 rings (SSSR count). The predicted molar refractivity (Wildman–Crippen MR) is 58.2 cm³/mol. The number of carbonyl (C=O) groups is 3. The molecule has 1 N–H and O–H groups in total. The molecule has 0 saturated carbocycles. The van der Waals surface area contributed by atoms with Crippen molar-refractivity contribution in [3.63, 3.8) is 0 Å². The molecule has 0 aromatic carbocycles. The van der Waals surface area contributed by atoms with Gasteiger partial charge < -0.3 is 14.8 Å². The molecule has 1 aliphatic rings. The molecule has 6 nitrogen and oxygen atoms in total. The van der Waals surface area contributed by atoms with E-state index in [1.165, 1.54) is 0 Å². The average molecular weight is 243 g/mol. The Morgan fingerprint density at radius 2 is 1.76 bits per heavy atom. The smallest absolute Gasteiger partial charge is 0.332 e. The zero-order valence-corrected chi connectivity index (χ0v) is 10.1. The Kier molecular flexibility index (Phi) is 4.62. The quantitative estimate of drug-likeness (QED) is 0.537. The summed E-state index contributed by atoms with van der Waals surface area (Å²) in [5.41, 5.74) is -1.82. The lowest BCUT2D eigenvalue weighted by atomic mass is 9.79. The highest BCUT2D eigenvalue weighted by Gasteiger charge is 2.56. The van der Waals surface area contributed by atoms with Crippen LogP contribution in [0.3, 0.4) is 0 Å². The second kappa shape index (κ2) is 5.77. The number of Topliss-reactive ketones (excluding diaryl/α,β-unsaturated/α-hetero) is 1. The van der Waals surface area contributed by atoms with Crippen LogP contribution in [0.5, 0.6) is 0 Å². The molecule has 0 aliphatic carbocycles. The maximum atomic E-state index is 11.9. The molecular formula is C11H17NO5. The molecule has 0 atom stereocenters. The number of hydrogen-bond acceptors (Lipinski definition) is 6. The van der Waals surface area contributed by atoms with Crippen LogP contribution in [0, 0.1) is 5.41 Å². The van der Waals surface area contributed by atoms with E-state index in [-0.39, 0.29) is 26.2 Å². The number of piperidine rings is 1. The fourth-order valence-corrected chi connectivity index (χ4v) is 1.75. The van der Waals surface area contributed by atoms with E-state index in [4.69, 9.17) is 9.47 Å². The number of ether oxygens (including phenoxy) is 2. The number of ketones is 1. The summed E-state index contributed by atoms with van der Waals surface area (Å²) in [6.07, 6.45) is 0.123. The zero-order chi connectivity index (χ0) is 12.9. The van der Waals surface area contributed by atoms with Crippen LogP contribution in [-0.4, -0.2) is 44.0 Å². The first-order valence-electron chi connectivity index (χ1n) is 5.68. The fraction of sp³-hybridized carbons (Fsp3) is 0.727. The van der Waals surface area contributed by atoms with Gasteiger partial charge in [0, 0.05) is 19.5 Å². The third-order valence-electron chi connectivity index (χ3n) is 2.64. The third kappa shape index (κ3) is 2.46. The first-order chi connectivity index (χ1) is 8.09. The van der Waals surface area contributed by atoms with Gasteiger partial charge in [-0.2, -0.15) is 0 Å². The minimum atomic E-state index is -1.82. The molecule has 0 unspecified atom stereocenters. The SMILES string of the molecule is CCOC(=O)C1(C(=O)OCC)CNCCC1=O. The van der Waals surface area contributed by atoms with Crippen molar-refractivity contribution in [1.29, 1.82) is 0 Å².